The molecule has 0 saturated heterocycles. The molecule has 1 rings (SSSR count). The molecule has 0 fully saturated rings. The molecule has 0 heterocycles. The van der Waals surface area contributed by atoms with Crippen molar-refractivity contribution in [3.05, 3.63) is 29.3 Å². The fraction of sp³-hybridized carbons (Fsp3) is 0.412. The number of carbonyl (C=O) groups is 1. The molecule has 0 radical (unpaired) electrons. The van der Waals surface area contributed by atoms with E-state index >= 15 is 0 Å². The normalized spacial score (nSPS) is 9.95. The van der Waals surface area contributed by atoms with E-state index in [0.29, 0.717) is 29.8 Å². The Labute approximate surface area is 131 Å². The monoisotopic (exact) mass is 300 g/mol. The van der Waals surface area contributed by atoms with Crippen LogP contribution < -0.4 is 10.1 Å². The number of methoxy groups -OCH3 is 1. The lowest BCUT2D eigenvalue weighted by Crippen LogP contribution is -2.32. The number of nitrogens with zero attached hydrogens (tertiary/aromatic N) is 1. The smallest absolute Gasteiger partial charge is 0.407 e. The Morgan fingerprint density at radius 3 is 2.68 bits per heavy atom. The molecule has 1 amide bonds. The molecule has 5 heteroatoms. The minimum absolute atomic E-state index is 0.391. The average molecular weight is 300 g/mol. The molecule has 22 heavy (non-hydrogen) atoms. The Hall–Kier alpha value is -2.66. The summed E-state index contributed by atoms with van der Waals surface area (Å²) in [7, 11) is 1.55. The predicted molar refractivity (Wildman–Crippen MR) is 83.4 cm³/mol. The summed E-state index contributed by atoms with van der Waals surface area (Å²) in [6, 6.07) is 7.12. The molecule has 1 N–H and O–H groups in total. The van der Waals surface area contributed by atoms with Gasteiger partial charge in [0.15, 0.2) is 0 Å². The van der Waals surface area contributed by atoms with Gasteiger partial charge in [-0.3, -0.25) is 0 Å². The minimum Gasteiger partial charge on any atom is -0.495 e. The first kappa shape index (κ1) is 17.4. The molecule has 0 aliphatic heterocycles. The summed E-state index contributed by atoms with van der Waals surface area (Å²) in [5.74, 6) is 6.50. The second-order valence-electron chi connectivity index (χ2n) is 5.51. The Bertz CT molecular complexity index is 628. The lowest BCUT2D eigenvalue weighted by molar-refractivity contribution is 0.0529. The van der Waals surface area contributed by atoms with Gasteiger partial charge in [-0.2, -0.15) is 5.26 Å². The van der Waals surface area contributed by atoms with Gasteiger partial charge >= 0.3 is 6.09 Å². The van der Waals surface area contributed by atoms with Gasteiger partial charge in [-0.15, -0.1) is 0 Å². The van der Waals surface area contributed by atoms with Crippen LogP contribution in [0.5, 0.6) is 5.75 Å². The van der Waals surface area contributed by atoms with Crippen molar-refractivity contribution >= 4 is 6.09 Å². The van der Waals surface area contributed by atoms with E-state index in [1.807, 2.05) is 0 Å². The third-order valence-corrected chi connectivity index (χ3v) is 2.47. The number of benzene rings is 1. The SMILES string of the molecule is COc1ccc(C#N)cc1C#CCCNC(=O)OC(C)(C)C. The summed E-state index contributed by atoms with van der Waals surface area (Å²) in [4.78, 5) is 11.4. The van der Waals surface area contributed by atoms with E-state index in [1.165, 1.54) is 0 Å². The number of ether oxygens (including phenoxy) is 2. The van der Waals surface area contributed by atoms with Gasteiger partial charge in [0.25, 0.3) is 0 Å². The molecule has 116 valence electrons. The van der Waals surface area contributed by atoms with E-state index in [1.54, 1.807) is 46.1 Å². The van der Waals surface area contributed by atoms with Crippen LogP contribution >= 0.6 is 0 Å². The van der Waals surface area contributed by atoms with Crippen molar-refractivity contribution < 1.29 is 14.3 Å². The summed E-state index contributed by atoms with van der Waals surface area (Å²) < 4.78 is 10.3. The van der Waals surface area contributed by atoms with Crippen LogP contribution in [-0.4, -0.2) is 25.3 Å². The number of alkyl carbamates (subject to hydrolysis) is 1. The molecular weight excluding hydrogens is 280 g/mol. The van der Waals surface area contributed by atoms with Crippen LogP contribution in [0.2, 0.25) is 0 Å². The molecule has 0 spiro atoms. The van der Waals surface area contributed by atoms with Gasteiger partial charge in [0, 0.05) is 13.0 Å². The molecule has 0 aliphatic rings. The molecule has 0 atom stereocenters. The van der Waals surface area contributed by atoms with Crippen molar-refractivity contribution in [3.63, 3.8) is 0 Å². The first-order chi connectivity index (χ1) is 10.4. The largest absolute Gasteiger partial charge is 0.495 e. The van der Waals surface area contributed by atoms with Crippen LogP contribution in [0, 0.1) is 23.2 Å². The maximum Gasteiger partial charge on any atom is 0.407 e. The Morgan fingerprint density at radius 2 is 2.09 bits per heavy atom. The number of nitriles is 1. The number of hydrogen-bond donors (Lipinski definition) is 1. The number of carbonyl (C=O) groups excluding carboxylic acids is 1. The zero-order chi connectivity index (χ0) is 16.6. The van der Waals surface area contributed by atoms with Gasteiger partial charge in [-0.25, -0.2) is 4.79 Å². The van der Waals surface area contributed by atoms with Crippen LogP contribution in [0.3, 0.4) is 0 Å². The van der Waals surface area contributed by atoms with Crippen molar-refractivity contribution in [3.8, 4) is 23.7 Å². The van der Waals surface area contributed by atoms with E-state index in [0.717, 1.165) is 0 Å². The number of amides is 1. The summed E-state index contributed by atoms with van der Waals surface area (Å²) in [6.07, 6.45) is 0.0116. The molecule has 0 unspecified atom stereocenters. The lowest BCUT2D eigenvalue weighted by Gasteiger charge is -2.19. The van der Waals surface area contributed by atoms with E-state index in [4.69, 9.17) is 14.7 Å². The Morgan fingerprint density at radius 1 is 1.36 bits per heavy atom. The van der Waals surface area contributed by atoms with E-state index in [9.17, 15) is 4.79 Å². The highest BCUT2D eigenvalue weighted by molar-refractivity contribution is 5.67. The van der Waals surface area contributed by atoms with Crippen LogP contribution in [-0.2, 0) is 4.74 Å². The van der Waals surface area contributed by atoms with E-state index in [2.05, 4.69) is 23.2 Å². The second kappa shape index (κ2) is 7.95. The summed E-state index contributed by atoms with van der Waals surface area (Å²) in [5, 5.41) is 11.5. The third-order valence-electron chi connectivity index (χ3n) is 2.47. The highest BCUT2D eigenvalue weighted by atomic mass is 16.6. The zero-order valence-electron chi connectivity index (χ0n) is 13.3. The van der Waals surface area contributed by atoms with Gasteiger partial charge in [-0.1, -0.05) is 11.8 Å². The molecule has 1 aromatic rings. The Kier molecular flexibility index (Phi) is 6.28. The van der Waals surface area contributed by atoms with Crippen LogP contribution in [0.4, 0.5) is 4.79 Å². The minimum atomic E-state index is -0.513. The maximum atomic E-state index is 11.4. The van der Waals surface area contributed by atoms with Gasteiger partial charge in [0.1, 0.15) is 11.4 Å². The highest BCUT2D eigenvalue weighted by Crippen LogP contribution is 2.18. The topological polar surface area (TPSA) is 71.3 Å². The van der Waals surface area contributed by atoms with Gasteiger partial charge in [0.2, 0.25) is 0 Å². The first-order valence-electron chi connectivity index (χ1n) is 6.89. The fourth-order valence-electron chi connectivity index (χ4n) is 1.57. The second-order valence-corrected chi connectivity index (χ2v) is 5.51. The molecule has 0 aliphatic carbocycles. The average Bonchev–Trinajstić information content (AvgIpc) is 2.44. The summed E-state index contributed by atoms with van der Waals surface area (Å²) in [6.45, 7) is 5.81. The maximum absolute atomic E-state index is 11.4. The molecule has 0 bridgehead atoms. The third kappa shape index (κ3) is 6.19. The molecule has 0 aromatic heterocycles. The van der Waals surface area contributed by atoms with E-state index in [-0.39, 0.29) is 0 Å². The summed E-state index contributed by atoms with van der Waals surface area (Å²) >= 11 is 0. The summed E-state index contributed by atoms with van der Waals surface area (Å²) in [5.41, 5.74) is 0.664. The van der Waals surface area contributed by atoms with Crippen molar-refractivity contribution in [2.75, 3.05) is 13.7 Å². The van der Waals surface area contributed by atoms with Crippen LogP contribution in [0.25, 0.3) is 0 Å². The van der Waals surface area contributed by atoms with Gasteiger partial charge in [0.05, 0.1) is 24.3 Å². The molecule has 0 saturated carbocycles. The number of hydrogen-bond acceptors (Lipinski definition) is 4. The van der Waals surface area contributed by atoms with Gasteiger partial charge < -0.3 is 14.8 Å². The van der Waals surface area contributed by atoms with Crippen molar-refractivity contribution in [2.24, 2.45) is 0 Å². The van der Waals surface area contributed by atoms with Crippen LogP contribution in [0.1, 0.15) is 38.3 Å². The zero-order valence-corrected chi connectivity index (χ0v) is 13.3. The van der Waals surface area contributed by atoms with E-state index < -0.39 is 11.7 Å². The van der Waals surface area contributed by atoms with Crippen molar-refractivity contribution in [2.45, 2.75) is 32.8 Å². The highest BCUT2D eigenvalue weighted by Gasteiger charge is 2.15. The molecule has 1 aromatic carbocycles. The predicted octanol–water partition coefficient (Wildman–Crippen LogP) is 2.83. The first-order valence-corrected chi connectivity index (χ1v) is 6.89. The lowest BCUT2D eigenvalue weighted by atomic mass is 10.1. The number of rotatable bonds is 3. The Balaban J connectivity index is 2.55. The van der Waals surface area contributed by atoms with Crippen molar-refractivity contribution in [1.82, 2.24) is 5.32 Å². The van der Waals surface area contributed by atoms with Crippen LogP contribution in [0.15, 0.2) is 18.2 Å². The van der Waals surface area contributed by atoms with Crippen molar-refractivity contribution in [1.29, 1.82) is 5.26 Å². The molecular formula is C17H20N2O3. The quantitative estimate of drug-likeness (QED) is 0.688. The van der Waals surface area contributed by atoms with Gasteiger partial charge in [-0.05, 0) is 39.0 Å². The standard InChI is InChI=1S/C17H20N2O3/c1-17(2,3)22-16(20)19-10-6-5-7-14-11-13(12-18)8-9-15(14)21-4/h8-9,11H,6,10H2,1-4H3,(H,19,20). The number of nitrogens with one attached hydrogen (secondary N) is 1. The molecule has 5 nitrogen and oxygen atoms in total. The fourth-order valence-corrected chi connectivity index (χ4v) is 1.57.